The maximum Gasteiger partial charge on any atom is 0.301 e. The minimum absolute atomic E-state index is 0.241. The molecule has 6 nitrogen and oxygen atoms in total. The van der Waals surface area contributed by atoms with E-state index in [9.17, 15) is 4.79 Å². The van der Waals surface area contributed by atoms with Crippen molar-refractivity contribution in [3.05, 3.63) is 89.2 Å². The predicted octanol–water partition coefficient (Wildman–Crippen LogP) is 3.68. The second-order valence-corrected chi connectivity index (χ2v) is 6.38. The number of hydrogen-bond donors (Lipinski definition) is 0. The smallest absolute Gasteiger partial charge is 0.301 e. The normalized spacial score (nSPS) is 11.2. The van der Waals surface area contributed by atoms with Crippen molar-refractivity contribution in [1.82, 2.24) is 19.6 Å². The standard InChI is InChI=1S/C22H16N4O2/c1-28-17-13-11-16(12-14-17)25-19-10-6-5-9-18(19)20-21(24-25)22(27)26(23-20)15-7-3-2-4-8-15/h2-14H,1H3. The molecule has 28 heavy (non-hydrogen) atoms. The Labute approximate surface area is 160 Å². The summed E-state index contributed by atoms with van der Waals surface area (Å²) < 4.78 is 8.42. The number of ether oxygens (including phenoxy) is 1. The number of hydrogen-bond acceptors (Lipinski definition) is 4. The van der Waals surface area contributed by atoms with Crippen molar-refractivity contribution >= 4 is 10.9 Å². The van der Waals surface area contributed by atoms with Crippen LogP contribution in [-0.4, -0.2) is 26.7 Å². The third kappa shape index (κ3) is 2.46. The third-order valence-electron chi connectivity index (χ3n) is 4.72. The number of fused-ring (bicyclic) bond motifs is 3. The minimum atomic E-state index is -0.241. The highest BCUT2D eigenvalue weighted by Crippen LogP contribution is 2.28. The van der Waals surface area contributed by atoms with Crippen molar-refractivity contribution in [1.29, 1.82) is 0 Å². The van der Waals surface area contributed by atoms with E-state index >= 15 is 0 Å². The Morgan fingerprint density at radius 1 is 0.714 bits per heavy atom. The summed E-state index contributed by atoms with van der Waals surface area (Å²) in [7, 11) is 1.63. The van der Waals surface area contributed by atoms with Crippen molar-refractivity contribution < 1.29 is 4.74 Å². The summed E-state index contributed by atoms with van der Waals surface area (Å²) in [5, 5.41) is 10.1. The number of methoxy groups -OCH3 is 1. The number of para-hydroxylation sites is 2. The van der Waals surface area contributed by atoms with Gasteiger partial charge in [0.15, 0.2) is 5.69 Å². The lowest BCUT2D eigenvalue weighted by molar-refractivity contribution is 0.414. The minimum Gasteiger partial charge on any atom is -0.497 e. The number of aromatic nitrogens is 4. The number of benzene rings is 3. The summed E-state index contributed by atoms with van der Waals surface area (Å²) in [6, 6.07) is 24.7. The maximum absolute atomic E-state index is 13.1. The van der Waals surface area contributed by atoms with Gasteiger partial charge in [-0.1, -0.05) is 36.4 Å². The Balaban J connectivity index is 1.83. The average molecular weight is 368 g/mol. The van der Waals surface area contributed by atoms with Gasteiger partial charge < -0.3 is 4.74 Å². The molecule has 2 heterocycles. The van der Waals surface area contributed by atoms with Crippen LogP contribution in [0.3, 0.4) is 0 Å². The predicted molar refractivity (Wildman–Crippen MR) is 108 cm³/mol. The van der Waals surface area contributed by atoms with E-state index in [0.29, 0.717) is 17.1 Å². The Kier molecular flexibility index (Phi) is 3.69. The van der Waals surface area contributed by atoms with Crippen LogP contribution < -0.4 is 10.3 Å². The van der Waals surface area contributed by atoms with Gasteiger partial charge in [0.25, 0.3) is 0 Å². The first kappa shape index (κ1) is 16.3. The molecule has 0 aliphatic carbocycles. The van der Waals surface area contributed by atoms with Gasteiger partial charge >= 0.3 is 5.56 Å². The van der Waals surface area contributed by atoms with Gasteiger partial charge in [-0.05, 0) is 42.5 Å². The Bertz CT molecular complexity index is 1300. The van der Waals surface area contributed by atoms with Gasteiger partial charge in [0, 0.05) is 5.39 Å². The Morgan fingerprint density at radius 3 is 2.11 bits per heavy atom. The van der Waals surface area contributed by atoms with Crippen LogP contribution >= 0.6 is 0 Å². The van der Waals surface area contributed by atoms with E-state index in [4.69, 9.17) is 4.74 Å². The summed E-state index contributed by atoms with van der Waals surface area (Å²) in [5.74, 6) is 0.760. The summed E-state index contributed by atoms with van der Waals surface area (Å²) >= 11 is 0. The fraction of sp³-hybridized carbons (Fsp3) is 0.0455. The van der Waals surface area contributed by atoms with Crippen molar-refractivity contribution in [3.8, 4) is 28.5 Å². The van der Waals surface area contributed by atoms with Crippen LogP contribution in [0.1, 0.15) is 0 Å². The van der Waals surface area contributed by atoms with Crippen LogP contribution in [-0.2, 0) is 0 Å². The second kappa shape index (κ2) is 6.35. The molecule has 0 aromatic heterocycles. The summed E-state index contributed by atoms with van der Waals surface area (Å²) in [6.45, 7) is 0. The van der Waals surface area contributed by atoms with Crippen molar-refractivity contribution in [3.63, 3.8) is 0 Å². The maximum atomic E-state index is 13.1. The molecule has 0 N–H and O–H groups in total. The highest BCUT2D eigenvalue weighted by atomic mass is 16.5. The van der Waals surface area contributed by atoms with E-state index in [0.717, 1.165) is 22.3 Å². The summed E-state index contributed by atoms with van der Waals surface area (Å²) in [4.78, 5) is 13.1. The molecule has 2 aliphatic heterocycles. The van der Waals surface area contributed by atoms with Crippen LogP contribution in [0, 0.1) is 0 Å². The zero-order chi connectivity index (χ0) is 19.1. The highest BCUT2D eigenvalue weighted by molar-refractivity contribution is 5.93. The molecule has 0 atom stereocenters. The molecule has 0 radical (unpaired) electrons. The van der Waals surface area contributed by atoms with Crippen LogP contribution in [0.4, 0.5) is 0 Å². The molecule has 0 saturated heterocycles. The van der Waals surface area contributed by atoms with Crippen LogP contribution in [0.25, 0.3) is 33.7 Å². The Morgan fingerprint density at radius 2 is 1.36 bits per heavy atom. The van der Waals surface area contributed by atoms with Gasteiger partial charge in [-0.15, -0.1) is 0 Å². The lowest BCUT2D eigenvalue weighted by atomic mass is 10.1. The first-order valence-corrected chi connectivity index (χ1v) is 8.87. The Hall–Kier alpha value is -3.93. The molecule has 2 aliphatic rings. The van der Waals surface area contributed by atoms with Gasteiger partial charge in [-0.2, -0.15) is 14.9 Å². The average Bonchev–Trinajstić information content (AvgIpc) is 3.10. The monoisotopic (exact) mass is 368 g/mol. The molecule has 6 heteroatoms. The van der Waals surface area contributed by atoms with E-state index in [1.807, 2.05) is 78.9 Å². The molecule has 0 amide bonds. The first-order chi connectivity index (χ1) is 13.8. The molecule has 5 rings (SSSR count). The van der Waals surface area contributed by atoms with Gasteiger partial charge in [0.1, 0.15) is 11.4 Å². The zero-order valence-electron chi connectivity index (χ0n) is 15.1. The third-order valence-corrected chi connectivity index (χ3v) is 4.72. The lowest BCUT2D eigenvalue weighted by Crippen LogP contribution is -2.16. The van der Waals surface area contributed by atoms with E-state index < -0.39 is 0 Å². The van der Waals surface area contributed by atoms with Crippen LogP contribution in [0.15, 0.2) is 83.7 Å². The van der Waals surface area contributed by atoms with Crippen LogP contribution in [0.2, 0.25) is 0 Å². The van der Waals surface area contributed by atoms with Crippen LogP contribution in [0.5, 0.6) is 5.75 Å². The van der Waals surface area contributed by atoms with Gasteiger partial charge in [0.2, 0.25) is 0 Å². The van der Waals surface area contributed by atoms with Gasteiger partial charge in [-0.25, -0.2) is 4.68 Å². The van der Waals surface area contributed by atoms with Crippen molar-refractivity contribution in [2.24, 2.45) is 0 Å². The topological polar surface area (TPSA) is 61.9 Å². The molecular formula is C22H16N4O2. The van der Waals surface area contributed by atoms with Gasteiger partial charge in [-0.3, -0.25) is 4.79 Å². The highest BCUT2D eigenvalue weighted by Gasteiger charge is 2.22. The van der Waals surface area contributed by atoms with Crippen molar-refractivity contribution in [2.45, 2.75) is 0 Å². The quantitative estimate of drug-likeness (QED) is 0.487. The molecule has 0 saturated carbocycles. The summed E-state index contributed by atoms with van der Waals surface area (Å²) in [5.41, 5.74) is 3.11. The first-order valence-electron chi connectivity index (χ1n) is 8.87. The lowest BCUT2D eigenvalue weighted by Gasteiger charge is -2.12. The van der Waals surface area contributed by atoms with E-state index in [1.165, 1.54) is 4.68 Å². The molecule has 0 fully saturated rings. The molecular weight excluding hydrogens is 352 g/mol. The second-order valence-electron chi connectivity index (χ2n) is 6.38. The molecule has 136 valence electrons. The van der Waals surface area contributed by atoms with E-state index in [1.54, 1.807) is 11.8 Å². The molecule has 0 spiro atoms. The summed E-state index contributed by atoms with van der Waals surface area (Å²) in [6.07, 6.45) is 0. The molecule has 0 bridgehead atoms. The van der Waals surface area contributed by atoms with Gasteiger partial charge in [0.05, 0.1) is 24.0 Å². The van der Waals surface area contributed by atoms with E-state index in [-0.39, 0.29) is 5.56 Å². The SMILES string of the molecule is COc1ccc(-n2nc3c(=O)n(-c4ccccc4)nc-3c3ccccc32)cc1. The molecule has 3 aromatic carbocycles. The fourth-order valence-corrected chi connectivity index (χ4v) is 3.34. The molecule has 0 unspecified atom stereocenters. The van der Waals surface area contributed by atoms with Crippen molar-refractivity contribution in [2.75, 3.05) is 7.11 Å². The molecule has 3 aromatic rings. The fourth-order valence-electron chi connectivity index (χ4n) is 3.34. The largest absolute Gasteiger partial charge is 0.497 e. The number of rotatable bonds is 3. The zero-order valence-corrected chi connectivity index (χ0v) is 15.1. The number of nitrogens with zero attached hydrogens (tertiary/aromatic N) is 4. The van der Waals surface area contributed by atoms with E-state index in [2.05, 4.69) is 10.2 Å².